The van der Waals surface area contributed by atoms with E-state index in [9.17, 15) is 0 Å². The first-order chi connectivity index (χ1) is 35.3. The van der Waals surface area contributed by atoms with Gasteiger partial charge in [-0.1, -0.05) is 224 Å². The predicted octanol–water partition coefficient (Wildman–Crippen LogP) is 18.7. The first-order valence-electron chi connectivity index (χ1n) is 24.6. The van der Waals surface area contributed by atoms with E-state index < -0.39 is 5.41 Å². The van der Waals surface area contributed by atoms with Gasteiger partial charge in [0, 0.05) is 21.8 Å². The molecule has 0 radical (unpaired) electrons. The number of para-hydroxylation sites is 1. The van der Waals surface area contributed by atoms with Gasteiger partial charge in [-0.25, -0.2) is 0 Å². The molecular formula is C69H43NO. The molecule has 15 rings (SSSR count). The van der Waals surface area contributed by atoms with Gasteiger partial charge in [0.15, 0.2) is 0 Å². The molecule has 330 valence electrons. The Hall–Kier alpha value is -9.24. The zero-order chi connectivity index (χ0) is 46.6. The standard InChI is InChI=1S/C69H43NO/c1-3-19-45(20-4-1)50-30-16-34-60-65(50)54-28-11-13-32-58(54)69(60)59-33-14-12-29-55(59)66-51(31-17-35-61(66)69)46-39-41-47(42-40-46)56-43-57-67-63(37-18-38-64(67)71-68(57)53-27-10-9-26-52(53)56)70(48-23-5-2-6-24-48)62-36-15-22-44-21-7-8-25-49(44)62/h1-43H. The molecule has 2 nitrogen and oxygen atoms in total. The van der Waals surface area contributed by atoms with Gasteiger partial charge in [0.25, 0.3) is 0 Å². The Morgan fingerprint density at radius 3 is 1.48 bits per heavy atom. The highest BCUT2D eigenvalue weighted by Gasteiger charge is 2.52. The van der Waals surface area contributed by atoms with Crippen LogP contribution < -0.4 is 4.90 Å². The largest absolute Gasteiger partial charge is 0.455 e. The molecule has 0 N–H and O–H groups in total. The summed E-state index contributed by atoms with van der Waals surface area (Å²) in [6.45, 7) is 0. The summed E-state index contributed by atoms with van der Waals surface area (Å²) in [4.78, 5) is 2.40. The topological polar surface area (TPSA) is 16.4 Å². The van der Waals surface area contributed by atoms with E-state index in [2.05, 4.69) is 266 Å². The second-order valence-corrected chi connectivity index (χ2v) is 19.0. The predicted molar refractivity (Wildman–Crippen MR) is 296 cm³/mol. The van der Waals surface area contributed by atoms with Gasteiger partial charge in [-0.2, -0.15) is 0 Å². The van der Waals surface area contributed by atoms with E-state index in [1.165, 1.54) is 83.1 Å². The van der Waals surface area contributed by atoms with E-state index in [0.29, 0.717) is 0 Å². The van der Waals surface area contributed by atoms with Crippen LogP contribution in [-0.2, 0) is 5.41 Å². The third-order valence-electron chi connectivity index (χ3n) is 15.5. The van der Waals surface area contributed by atoms with Crippen LogP contribution in [0.25, 0.3) is 99.1 Å². The summed E-state index contributed by atoms with van der Waals surface area (Å²) in [7, 11) is 0. The SMILES string of the molecule is c1ccc(-c2cccc3c2-c2ccccc2C32c3ccccc3-c3c(-c4ccc(-c5cc6c(oc7cccc(N(c8ccccc8)c8cccc9ccccc89)c76)c6ccccc56)cc4)cccc32)cc1. The molecule has 1 spiro atoms. The highest BCUT2D eigenvalue weighted by molar-refractivity contribution is 6.23. The van der Waals surface area contributed by atoms with Crippen molar-refractivity contribution in [2.45, 2.75) is 5.41 Å². The number of hydrogen-bond donors (Lipinski definition) is 0. The van der Waals surface area contributed by atoms with E-state index in [1.54, 1.807) is 0 Å². The minimum Gasteiger partial charge on any atom is -0.455 e. The van der Waals surface area contributed by atoms with E-state index in [-0.39, 0.29) is 0 Å². The quantitative estimate of drug-likeness (QED) is 0.165. The van der Waals surface area contributed by atoms with Gasteiger partial charge >= 0.3 is 0 Å². The maximum atomic E-state index is 6.94. The summed E-state index contributed by atoms with van der Waals surface area (Å²) in [5.74, 6) is 0. The number of anilines is 3. The smallest absolute Gasteiger partial charge is 0.143 e. The molecule has 2 aliphatic rings. The van der Waals surface area contributed by atoms with Crippen molar-refractivity contribution in [3.8, 4) is 55.6 Å². The fourth-order valence-corrected chi connectivity index (χ4v) is 12.6. The van der Waals surface area contributed by atoms with Crippen LogP contribution in [0.4, 0.5) is 17.1 Å². The highest BCUT2D eigenvalue weighted by atomic mass is 16.3. The molecule has 0 saturated carbocycles. The molecule has 1 heterocycles. The lowest BCUT2D eigenvalue weighted by molar-refractivity contribution is 0.672. The number of nitrogens with zero attached hydrogens (tertiary/aromatic N) is 1. The zero-order valence-electron chi connectivity index (χ0n) is 38.7. The number of benzene rings is 12. The normalized spacial score (nSPS) is 14.3. The van der Waals surface area contributed by atoms with E-state index in [0.717, 1.165) is 55.3 Å². The number of furan rings is 1. The van der Waals surface area contributed by atoms with E-state index in [1.807, 2.05) is 0 Å². The summed E-state index contributed by atoms with van der Waals surface area (Å²) in [5.41, 5.74) is 22.4. The number of rotatable bonds is 6. The van der Waals surface area contributed by atoms with Crippen LogP contribution in [0.3, 0.4) is 0 Å². The van der Waals surface area contributed by atoms with Gasteiger partial charge in [-0.05, 0) is 125 Å². The first-order valence-corrected chi connectivity index (χ1v) is 24.6. The summed E-state index contributed by atoms with van der Waals surface area (Å²) in [6.07, 6.45) is 0. The number of fused-ring (bicyclic) bond motifs is 16. The third kappa shape index (κ3) is 5.65. The molecule has 0 amide bonds. The van der Waals surface area contributed by atoms with Crippen LogP contribution in [0.2, 0.25) is 0 Å². The van der Waals surface area contributed by atoms with E-state index >= 15 is 0 Å². The van der Waals surface area contributed by atoms with Crippen molar-refractivity contribution >= 4 is 60.5 Å². The second-order valence-electron chi connectivity index (χ2n) is 19.0. The molecule has 0 bridgehead atoms. The monoisotopic (exact) mass is 901 g/mol. The fraction of sp³-hybridized carbons (Fsp3) is 0.0145. The highest BCUT2D eigenvalue weighted by Crippen LogP contribution is 2.65. The Kier molecular flexibility index (Phi) is 8.61. The molecular weight excluding hydrogens is 859 g/mol. The summed E-state index contributed by atoms with van der Waals surface area (Å²) in [5, 5.41) is 6.81. The molecule has 2 heteroatoms. The zero-order valence-corrected chi connectivity index (χ0v) is 38.7. The van der Waals surface area contributed by atoms with Crippen LogP contribution in [0.1, 0.15) is 22.3 Å². The summed E-state index contributed by atoms with van der Waals surface area (Å²) in [6, 6.07) is 95.8. The summed E-state index contributed by atoms with van der Waals surface area (Å²) >= 11 is 0. The van der Waals surface area contributed by atoms with Crippen molar-refractivity contribution in [1.82, 2.24) is 0 Å². The van der Waals surface area contributed by atoms with Crippen molar-refractivity contribution in [3.05, 3.63) is 283 Å². The van der Waals surface area contributed by atoms with Crippen molar-refractivity contribution in [2.75, 3.05) is 4.90 Å². The van der Waals surface area contributed by atoms with Gasteiger partial charge in [0.1, 0.15) is 11.2 Å². The maximum absolute atomic E-state index is 6.94. The van der Waals surface area contributed by atoms with Crippen LogP contribution in [0.15, 0.2) is 265 Å². The molecule has 0 fully saturated rings. The molecule has 0 aliphatic heterocycles. The van der Waals surface area contributed by atoms with Crippen molar-refractivity contribution in [1.29, 1.82) is 0 Å². The molecule has 71 heavy (non-hydrogen) atoms. The Balaban J connectivity index is 0.908. The van der Waals surface area contributed by atoms with Crippen LogP contribution >= 0.6 is 0 Å². The second kappa shape index (κ2) is 15.4. The molecule has 0 saturated heterocycles. The maximum Gasteiger partial charge on any atom is 0.143 e. The fourth-order valence-electron chi connectivity index (χ4n) is 12.6. The minimum absolute atomic E-state index is 0.456. The summed E-state index contributed by atoms with van der Waals surface area (Å²) < 4.78 is 6.94. The van der Waals surface area contributed by atoms with Crippen LogP contribution in [-0.4, -0.2) is 0 Å². The minimum atomic E-state index is -0.456. The molecule has 1 unspecified atom stereocenters. The average molecular weight is 902 g/mol. The van der Waals surface area contributed by atoms with Crippen LogP contribution in [0.5, 0.6) is 0 Å². The van der Waals surface area contributed by atoms with Gasteiger partial charge in [0.2, 0.25) is 0 Å². The molecule has 12 aromatic carbocycles. The Morgan fingerprint density at radius 1 is 0.310 bits per heavy atom. The molecule has 13 aromatic rings. The first kappa shape index (κ1) is 39.7. The van der Waals surface area contributed by atoms with E-state index in [4.69, 9.17) is 4.42 Å². The average Bonchev–Trinajstić information content (AvgIpc) is 4.09. The van der Waals surface area contributed by atoms with Crippen LogP contribution in [0, 0.1) is 0 Å². The van der Waals surface area contributed by atoms with Crippen molar-refractivity contribution < 1.29 is 4.42 Å². The molecule has 1 aromatic heterocycles. The van der Waals surface area contributed by atoms with Gasteiger partial charge in [0.05, 0.1) is 22.2 Å². The lowest BCUT2D eigenvalue weighted by Crippen LogP contribution is -2.25. The van der Waals surface area contributed by atoms with Crippen molar-refractivity contribution in [3.63, 3.8) is 0 Å². The Labute approximate surface area is 412 Å². The molecule has 2 aliphatic carbocycles. The van der Waals surface area contributed by atoms with Crippen molar-refractivity contribution in [2.24, 2.45) is 0 Å². The Morgan fingerprint density at radius 2 is 0.789 bits per heavy atom. The van der Waals surface area contributed by atoms with Gasteiger partial charge < -0.3 is 9.32 Å². The lowest BCUT2D eigenvalue weighted by atomic mass is 9.70. The Bertz CT molecular complexity index is 4280. The van der Waals surface area contributed by atoms with Gasteiger partial charge in [-0.15, -0.1) is 0 Å². The number of hydrogen-bond acceptors (Lipinski definition) is 2. The lowest BCUT2D eigenvalue weighted by Gasteiger charge is -2.30. The molecule has 1 atom stereocenters. The third-order valence-corrected chi connectivity index (χ3v) is 15.5. The van der Waals surface area contributed by atoms with Gasteiger partial charge in [-0.3, -0.25) is 0 Å².